The molecule has 0 saturated heterocycles. The fourth-order valence-electron chi connectivity index (χ4n) is 1.31. The van der Waals surface area contributed by atoms with Crippen LogP contribution in [0.5, 0.6) is 0 Å². The molecule has 0 unspecified atom stereocenters. The summed E-state index contributed by atoms with van der Waals surface area (Å²) in [5, 5.41) is 0. The van der Waals surface area contributed by atoms with Crippen molar-refractivity contribution in [1.29, 1.82) is 0 Å². The lowest BCUT2D eigenvalue weighted by molar-refractivity contribution is 0.136. The first kappa shape index (κ1) is 16.4. The monoisotopic (exact) mass is 262 g/mol. The fourth-order valence-corrected chi connectivity index (χ4v) is 3.94. The van der Waals surface area contributed by atoms with Gasteiger partial charge in [0.25, 0.3) is 0 Å². The highest BCUT2D eigenvalue weighted by atomic mass is 28.2. The second-order valence-electron chi connectivity index (χ2n) is 6.34. The van der Waals surface area contributed by atoms with Gasteiger partial charge in [0, 0.05) is 11.2 Å². The molecule has 0 saturated carbocycles. The molecule has 0 aromatic rings. The van der Waals surface area contributed by atoms with Crippen molar-refractivity contribution in [3.8, 4) is 0 Å². The zero-order chi connectivity index (χ0) is 12.7. The van der Waals surface area contributed by atoms with E-state index in [2.05, 4.69) is 41.5 Å². The quantitative estimate of drug-likeness (QED) is 0.518. The molecule has 0 fully saturated rings. The summed E-state index contributed by atoms with van der Waals surface area (Å²) in [5.74, 6) is 0. The Bertz CT molecular complexity index is 151. The van der Waals surface area contributed by atoms with Gasteiger partial charge in [0.05, 0.1) is 0 Å². The molecule has 0 aliphatic carbocycles. The second-order valence-corrected chi connectivity index (χ2v) is 9.14. The summed E-state index contributed by atoms with van der Waals surface area (Å²) in [6, 6.07) is 2.64. The normalized spacial score (nSPS) is 14.6. The third-order valence-corrected chi connectivity index (χ3v) is 5.83. The van der Waals surface area contributed by atoms with Crippen molar-refractivity contribution in [2.24, 2.45) is 0 Å². The van der Waals surface area contributed by atoms with Gasteiger partial charge in [0.1, 0.15) is 0 Å². The van der Waals surface area contributed by atoms with Crippen molar-refractivity contribution >= 4 is 19.5 Å². The Morgan fingerprint density at radius 2 is 1.00 bits per heavy atom. The Balaban J connectivity index is 3.17. The summed E-state index contributed by atoms with van der Waals surface area (Å²) in [4.78, 5) is 0. The molecular formula is C12H30O2Si2. The minimum Gasteiger partial charge on any atom is -0.419 e. The summed E-state index contributed by atoms with van der Waals surface area (Å²) < 4.78 is 11.6. The lowest BCUT2D eigenvalue weighted by Gasteiger charge is -2.20. The molecule has 0 rings (SSSR count). The first-order chi connectivity index (χ1) is 7.21. The number of rotatable bonds is 7. The van der Waals surface area contributed by atoms with Crippen molar-refractivity contribution < 1.29 is 8.85 Å². The van der Waals surface area contributed by atoms with Crippen LogP contribution in [0, 0.1) is 0 Å². The lowest BCUT2D eigenvalue weighted by Crippen LogP contribution is -2.22. The average Bonchev–Trinajstić information content (AvgIpc) is 2.06. The van der Waals surface area contributed by atoms with Gasteiger partial charge in [-0.2, -0.15) is 0 Å². The maximum Gasteiger partial charge on any atom is 0.162 e. The molecule has 4 heteroatoms. The van der Waals surface area contributed by atoms with Gasteiger partial charge in [-0.05, 0) is 53.6 Å². The van der Waals surface area contributed by atoms with Gasteiger partial charge in [0.2, 0.25) is 0 Å². The van der Waals surface area contributed by atoms with Crippen LogP contribution in [0.2, 0.25) is 12.1 Å². The molecule has 16 heavy (non-hydrogen) atoms. The van der Waals surface area contributed by atoms with Crippen LogP contribution in [-0.4, -0.2) is 30.7 Å². The molecule has 2 nitrogen and oxygen atoms in total. The van der Waals surface area contributed by atoms with E-state index >= 15 is 0 Å². The van der Waals surface area contributed by atoms with E-state index in [1.807, 2.05) is 0 Å². The Kier molecular flexibility index (Phi) is 7.80. The van der Waals surface area contributed by atoms with Crippen molar-refractivity contribution in [3.05, 3.63) is 0 Å². The van der Waals surface area contributed by atoms with E-state index in [1.165, 1.54) is 24.9 Å². The summed E-state index contributed by atoms with van der Waals surface area (Å²) in [7, 11) is -0.560. The lowest BCUT2D eigenvalue weighted by atomic mass is 10.2. The molecule has 0 aliphatic rings. The van der Waals surface area contributed by atoms with Crippen molar-refractivity contribution in [1.82, 2.24) is 0 Å². The topological polar surface area (TPSA) is 18.5 Å². The number of unbranched alkanes of at least 4 members (excludes halogenated alkanes) is 1. The van der Waals surface area contributed by atoms with Gasteiger partial charge < -0.3 is 8.85 Å². The van der Waals surface area contributed by atoms with E-state index in [4.69, 9.17) is 8.85 Å². The minimum absolute atomic E-state index is 0.0797. The molecule has 0 N–H and O–H groups in total. The van der Waals surface area contributed by atoms with E-state index in [0.717, 1.165) is 0 Å². The van der Waals surface area contributed by atoms with Crippen LogP contribution < -0.4 is 0 Å². The van der Waals surface area contributed by atoms with Gasteiger partial charge in [0.15, 0.2) is 19.5 Å². The van der Waals surface area contributed by atoms with E-state index in [1.54, 1.807) is 0 Å². The molecule has 0 radical (unpaired) electrons. The van der Waals surface area contributed by atoms with Crippen LogP contribution in [0.1, 0.15) is 54.4 Å². The maximum atomic E-state index is 5.81. The van der Waals surface area contributed by atoms with Gasteiger partial charge >= 0.3 is 0 Å². The zero-order valence-electron chi connectivity index (χ0n) is 12.1. The largest absolute Gasteiger partial charge is 0.419 e. The third kappa shape index (κ3) is 14.4. The zero-order valence-corrected chi connectivity index (χ0v) is 14.9. The van der Waals surface area contributed by atoms with Gasteiger partial charge in [-0.1, -0.05) is 12.8 Å². The Labute approximate surface area is 106 Å². The number of hydrogen-bond donors (Lipinski definition) is 0. The second kappa shape index (κ2) is 7.64. The standard InChI is InChI=1S/C12H30O2Si2/c1-11(2,3)13-15-9-7-8-10-16-14-12(4,5)6/h7-10,15-16H2,1-6H3. The maximum absolute atomic E-state index is 5.81. The van der Waals surface area contributed by atoms with Gasteiger partial charge in [-0.15, -0.1) is 0 Å². The van der Waals surface area contributed by atoms with E-state index in [-0.39, 0.29) is 30.7 Å². The summed E-state index contributed by atoms with van der Waals surface area (Å²) in [6.07, 6.45) is 2.67. The van der Waals surface area contributed by atoms with Crippen LogP contribution in [0.15, 0.2) is 0 Å². The molecule has 0 bridgehead atoms. The fraction of sp³-hybridized carbons (Fsp3) is 1.00. The van der Waals surface area contributed by atoms with Crippen molar-refractivity contribution in [3.63, 3.8) is 0 Å². The van der Waals surface area contributed by atoms with Crippen LogP contribution in [0.4, 0.5) is 0 Å². The molecule has 0 aromatic carbocycles. The first-order valence-corrected chi connectivity index (χ1v) is 9.64. The van der Waals surface area contributed by atoms with E-state index < -0.39 is 0 Å². The van der Waals surface area contributed by atoms with Crippen molar-refractivity contribution in [2.45, 2.75) is 77.7 Å². The molecule has 0 aliphatic heterocycles. The average molecular weight is 263 g/mol. The highest BCUT2D eigenvalue weighted by Gasteiger charge is 2.09. The predicted molar refractivity (Wildman–Crippen MR) is 77.6 cm³/mol. The summed E-state index contributed by atoms with van der Waals surface area (Å²) in [5.41, 5.74) is 0.159. The van der Waals surface area contributed by atoms with Crippen LogP contribution in [0.25, 0.3) is 0 Å². The highest BCUT2D eigenvalue weighted by Crippen LogP contribution is 2.10. The third-order valence-electron chi connectivity index (χ3n) is 2.11. The van der Waals surface area contributed by atoms with Crippen molar-refractivity contribution in [2.75, 3.05) is 0 Å². The van der Waals surface area contributed by atoms with Crippen LogP contribution in [-0.2, 0) is 8.85 Å². The van der Waals surface area contributed by atoms with Crippen LogP contribution in [0.3, 0.4) is 0 Å². The van der Waals surface area contributed by atoms with E-state index in [0.29, 0.717) is 0 Å². The molecule has 0 amide bonds. The predicted octanol–water partition coefficient (Wildman–Crippen LogP) is 2.40. The molecule has 0 spiro atoms. The van der Waals surface area contributed by atoms with Gasteiger partial charge in [-0.3, -0.25) is 0 Å². The minimum atomic E-state index is -0.280. The summed E-state index contributed by atoms with van der Waals surface area (Å²) >= 11 is 0. The molecule has 98 valence electrons. The molecule has 0 atom stereocenters. The first-order valence-electron chi connectivity index (χ1n) is 6.49. The van der Waals surface area contributed by atoms with E-state index in [9.17, 15) is 0 Å². The van der Waals surface area contributed by atoms with Crippen LogP contribution >= 0.6 is 0 Å². The number of hydrogen-bond acceptors (Lipinski definition) is 2. The Morgan fingerprint density at radius 3 is 1.25 bits per heavy atom. The Hall–Kier alpha value is 0.354. The molecule has 0 aromatic heterocycles. The van der Waals surface area contributed by atoms with Gasteiger partial charge in [-0.25, -0.2) is 0 Å². The smallest absolute Gasteiger partial charge is 0.162 e. The Morgan fingerprint density at radius 1 is 0.688 bits per heavy atom. The SMILES string of the molecule is CC(C)(C)O[SiH2]CCCC[SiH2]OC(C)(C)C. The summed E-state index contributed by atoms with van der Waals surface area (Å²) in [6.45, 7) is 12.9. The molecular weight excluding hydrogens is 232 g/mol. The molecule has 0 heterocycles. The highest BCUT2D eigenvalue weighted by molar-refractivity contribution is 6.28.